The molecule has 7 heteroatoms. The van der Waals surface area contributed by atoms with E-state index in [9.17, 15) is 9.18 Å². The van der Waals surface area contributed by atoms with E-state index in [2.05, 4.69) is 20.6 Å². The number of hydrogen-bond donors (Lipinski definition) is 2. The fourth-order valence-electron chi connectivity index (χ4n) is 2.11. The molecule has 6 nitrogen and oxygen atoms in total. The molecule has 0 atom stereocenters. The van der Waals surface area contributed by atoms with Crippen LogP contribution in [0.3, 0.4) is 0 Å². The van der Waals surface area contributed by atoms with Gasteiger partial charge in [-0.1, -0.05) is 18.2 Å². The fraction of sp³-hybridized carbons (Fsp3) is 0. The van der Waals surface area contributed by atoms with Crippen molar-refractivity contribution in [2.75, 3.05) is 10.6 Å². The molecule has 25 heavy (non-hydrogen) atoms. The van der Waals surface area contributed by atoms with E-state index < -0.39 is 11.7 Å². The smallest absolute Gasteiger partial charge is 0.274 e. The molecule has 0 unspecified atom stereocenters. The van der Waals surface area contributed by atoms with Crippen LogP contribution >= 0.6 is 0 Å². The number of amides is 1. The molecule has 0 aliphatic rings. The van der Waals surface area contributed by atoms with Gasteiger partial charge in [-0.25, -0.2) is 14.4 Å². The van der Waals surface area contributed by atoms with Crippen molar-refractivity contribution < 1.29 is 9.18 Å². The number of aromatic nitrogens is 2. The molecular weight excluding hydrogens is 321 g/mol. The van der Waals surface area contributed by atoms with Crippen LogP contribution in [0.2, 0.25) is 0 Å². The summed E-state index contributed by atoms with van der Waals surface area (Å²) in [4.78, 5) is 20.2. The zero-order valence-electron chi connectivity index (χ0n) is 12.9. The molecule has 0 bridgehead atoms. The van der Waals surface area contributed by atoms with Crippen molar-refractivity contribution in [1.29, 1.82) is 5.26 Å². The molecule has 1 heterocycles. The minimum Gasteiger partial charge on any atom is -0.340 e. The van der Waals surface area contributed by atoms with Gasteiger partial charge < -0.3 is 10.6 Å². The van der Waals surface area contributed by atoms with Crippen LogP contribution in [0.4, 0.5) is 21.6 Å². The first-order valence-corrected chi connectivity index (χ1v) is 7.31. The molecule has 0 saturated carbocycles. The molecule has 3 rings (SSSR count). The predicted molar refractivity (Wildman–Crippen MR) is 90.8 cm³/mol. The lowest BCUT2D eigenvalue weighted by Gasteiger charge is -2.08. The van der Waals surface area contributed by atoms with Gasteiger partial charge in [0.2, 0.25) is 0 Å². The van der Waals surface area contributed by atoms with Crippen LogP contribution in [0, 0.1) is 17.1 Å². The lowest BCUT2D eigenvalue weighted by molar-refractivity contribution is 0.102. The summed E-state index contributed by atoms with van der Waals surface area (Å²) < 4.78 is 13.6. The van der Waals surface area contributed by atoms with Crippen LogP contribution in [0.1, 0.15) is 16.1 Å². The van der Waals surface area contributed by atoms with Crippen molar-refractivity contribution in [2.45, 2.75) is 0 Å². The maximum absolute atomic E-state index is 13.6. The summed E-state index contributed by atoms with van der Waals surface area (Å²) in [6, 6.07) is 16.2. The van der Waals surface area contributed by atoms with Crippen molar-refractivity contribution in [3.63, 3.8) is 0 Å². The van der Waals surface area contributed by atoms with Crippen LogP contribution in [-0.2, 0) is 0 Å². The Labute approximate surface area is 143 Å². The van der Waals surface area contributed by atoms with Crippen molar-refractivity contribution in [3.05, 3.63) is 78.0 Å². The quantitative estimate of drug-likeness (QED) is 0.763. The molecule has 1 amide bonds. The third kappa shape index (κ3) is 3.95. The van der Waals surface area contributed by atoms with Crippen molar-refractivity contribution >= 4 is 23.1 Å². The normalized spacial score (nSPS) is 9.92. The minimum atomic E-state index is -0.554. The van der Waals surface area contributed by atoms with Crippen molar-refractivity contribution in [1.82, 2.24) is 9.97 Å². The number of halogens is 1. The van der Waals surface area contributed by atoms with Gasteiger partial charge in [-0.3, -0.25) is 4.79 Å². The van der Waals surface area contributed by atoms with Crippen molar-refractivity contribution in [3.8, 4) is 6.07 Å². The number of nitrogens with zero attached hydrogens (tertiary/aromatic N) is 3. The average Bonchev–Trinajstić information content (AvgIpc) is 2.64. The zero-order valence-corrected chi connectivity index (χ0v) is 12.9. The number of para-hydroxylation sites is 1. The van der Waals surface area contributed by atoms with Gasteiger partial charge in [-0.05, 0) is 30.3 Å². The molecule has 2 N–H and O–H groups in total. The predicted octanol–water partition coefficient (Wildman–Crippen LogP) is 3.48. The largest absolute Gasteiger partial charge is 0.340 e. The second kappa shape index (κ2) is 7.19. The third-order valence-electron chi connectivity index (χ3n) is 3.29. The molecule has 0 aliphatic heterocycles. The first kappa shape index (κ1) is 16.1. The minimum absolute atomic E-state index is 0.0716. The first-order valence-electron chi connectivity index (χ1n) is 7.31. The summed E-state index contributed by atoms with van der Waals surface area (Å²) in [7, 11) is 0. The number of carbonyl (C=O) groups is 1. The highest BCUT2D eigenvalue weighted by Crippen LogP contribution is 2.17. The SMILES string of the molecule is N#Cc1cccc(Nc2cc(C(=O)Nc3ccccc3F)ncn2)c1. The maximum Gasteiger partial charge on any atom is 0.274 e. The molecule has 1 aromatic heterocycles. The second-order valence-electron chi connectivity index (χ2n) is 5.04. The molecule has 0 radical (unpaired) electrons. The monoisotopic (exact) mass is 333 g/mol. The molecular formula is C18H12FN5O. The summed E-state index contributed by atoms with van der Waals surface area (Å²) in [5.41, 5.74) is 1.30. The molecule has 0 aliphatic carbocycles. The lowest BCUT2D eigenvalue weighted by Crippen LogP contribution is -2.15. The lowest BCUT2D eigenvalue weighted by atomic mass is 10.2. The number of anilines is 3. The Morgan fingerprint density at radius 1 is 1.08 bits per heavy atom. The number of carbonyl (C=O) groups excluding carboxylic acids is 1. The van der Waals surface area contributed by atoms with Crippen LogP contribution in [0.15, 0.2) is 60.9 Å². The van der Waals surface area contributed by atoms with E-state index in [1.54, 1.807) is 30.3 Å². The van der Waals surface area contributed by atoms with Crippen LogP contribution in [-0.4, -0.2) is 15.9 Å². The van der Waals surface area contributed by atoms with Crippen LogP contribution in [0.5, 0.6) is 0 Å². The van der Waals surface area contributed by atoms with E-state index in [1.807, 2.05) is 6.07 Å². The summed E-state index contributed by atoms with van der Waals surface area (Å²) in [6.45, 7) is 0. The van der Waals surface area contributed by atoms with Crippen LogP contribution < -0.4 is 10.6 Å². The summed E-state index contributed by atoms with van der Waals surface area (Å²) in [5.74, 6) is -0.707. The standard InChI is InChI=1S/C18H12FN5O/c19-14-6-1-2-7-15(14)24-18(25)16-9-17(22-11-21-16)23-13-5-3-4-12(8-13)10-20/h1-9,11H,(H,24,25)(H,21,22,23). The van der Waals surface area contributed by atoms with E-state index >= 15 is 0 Å². The highest BCUT2D eigenvalue weighted by molar-refractivity contribution is 6.03. The highest BCUT2D eigenvalue weighted by Gasteiger charge is 2.11. The van der Waals surface area contributed by atoms with E-state index in [0.29, 0.717) is 17.1 Å². The molecule has 2 aromatic carbocycles. The second-order valence-corrected chi connectivity index (χ2v) is 5.04. The van der Waals surface area contributed by atoms with E-state index in [1.165, 1.54) is 30.6 Å². The Morgan fingerprint density at radius 3 is 2.72 bits per heavy atom. The molecule has 0 spiro atoms. The van der Waals surface area contributed by atoms with E-state index in [4.69, 9.17) is 5.26 Å². The van der Waals surface area contributed by atoms with Crippen LogP contribution in [0.25, 0.3) is 0 Å². The summed E-state index contributed by atoms with van der Waals surface area (Å²) in [5, 5.41) is 14.4. The Balaban J connectivity index is 1.78. The van der Waals surface area contributed by atoms with Gasteiger partial charge in [0.15, 0.2) is 0 Å². The summed E-state index contributed by atoms with van der Waals surface area (Å²) >= 11 is 0. The zero-order chi connectivity index (χ0) is 17.6. The number of rotatable bonds is 4. The average molecular weight is 333 g/mol. The Bertz CT molecular complexity index is 967. The van der Waals surface area contributed by atoms with Gasteiger partial charge in [-0.2, -0.15) is 5.26 Å². The first-order chi connectivity index (χ1) is 12.2. The number of hydrogen-bond acceptors (Lipinski definition) is 5. The summed E-state index contributed by atoms with van der Waals surface area (Å²) in [6.07, 6.45) is 1.23. The number of nitriles is 1. The maximum atomic E-state index is 13.6. The molecule has 0 fully saturated rings. The van der Waals surface area contributed by atoms with Gasteiger partial charge in [0.1, 0.15) is 23.7 Å². The molecule has 3 aromatic rings. The van der Waals surface area contributed by atoms with Gasteiger partial charge in [-0.15, -0.1) is 0 Å². The van der Waals surface area contributed by atoms with E-state index in [0.717, 1.165) is 0 Å². The van der Waals surface area contributed by atoms with Gasteiger partial charge in [0.25, 0.3) is 5.91 Å². The Kier molecular flexibility index (Phi) is 4.62. The number of benzene rings is 2. The van der Waals surface area contributed by atoms with Gasteiger partial charge in [0, 0.05) is 11.8 Å². The van der Waals surface area contributed by atoms with Gasteiger partial charge >= 0.3 is 0 Å². The molecule has 0 saturated heterocycles. The Morgan fingerprint density at radius 2 is 1.92 bits per heavy atom. The Hall–Kier alpha value is -3.79. The fourth-order valence-corrected chi connectivity index (χ4v) is 2.11. The topological polar surface area (TPSA) is 90.7 Å². The van der Waals surface area contributed by atoms with Crippen molar-refractivity contribution in [2.24, 2.45) is 0 Å². The molecule has 122 valence electrons. The van der Waals surface area contributed by atoms with E-state index in [-0.39, 0.29) is 11.4 Å². The third-order valence-corrected chi connectivity index (χ3v) is 3.29. The highest BCUT2D eigenvalue weighted by atomic mass is 19.1. The number of nitrogens with one attached hydrogen (secondary N) is 2. The van der Waals surface area contributed by atoms with Gasteiger partial charge in [0.05, 0.1) is 17.3 Å².